The number of urea groups is 1. The molecule has 15 nitrogen and oxygen atoms in total. The van der Waals surface area contributed by atoms with E-state index in [9.17, 15) is 19.2 Å². The number of carbonyl (C=O) groups is 4. The van der Waals surface area contributed by atoms with Crippen LogP contribution in [0.3, 0.4) is 0 Å². The second-order valence-electron chi connectivity index (χ2n) is 18.6. The summed E-state index contributed by atoms with van der Waals surface area (Å²) in [5, 5.41) is 11.5. The number of thiazole rings is 1. The molecule has 2 saturated heterocycles. The Labute approximate surface area is 375 Å². The maximum atomic E-state index is 14.6. The number of esters is 1. The Kier molecular flexibility index (Phi) is 13.9. The van der Waals surface area contributed by atoms with Crippen molar-refractivity contribution in [2.75, 3.05) is 47.4 Å². The van der Waals surface area contributed by atoms with Gasteiger partial charge >= 0.3 is 12.0 Å². The zero-order valence-corrected chi connectivity index (χ0v) is 39.3. The molecule has 16 heteroatoms. The van der Waals surface area contributed by atoms with Gasteiger partial charge in [-0.1, -0.05) is 33.8 Å². The average Bonchev–Trinajstić information content (AvgIpc) is 3.85. The molecule has 0 saturated carbocycles. The molecular weight excluding hydrogens is 819 g/mol. The SMILES string of the molecule is CCn1c(-c2cccnc2[C@H](C)OC)c2c3cc(ccc31)-c1csc(n1)C[C@H](NC(=O)C(C(C)C)N(C)C(=O)N1CC([C@@H](C)NC)C1)C(=O)N1CCC[C@H](N1)C(=O)OCC(C)(C)C2. The number of rotatable bonds is 10. The van der Waals surface area contributed by atoms with Crippen molar-refractivity contribution in [3.8, 4) is 22.5 Å². The van der Waals surface area contributed by atoms with E-state index in [4.69, 9.17) is 19.4 Å². The van der Waals surface area contributed by atoms with E-state index in [1.807, 2.05) is 39.3 Å². The number of amides is 4. The highest BCUT2D eigenvalue weighted by Gasteiger charge is 2.41. The van der Waals surface area contributed by atoms with Gasteiger partial charge in [0.05, 0.1) is 34.8 Å². The number of hydrogen-bond donors (Lipinski definition) is 3. The number of cyclic esters (lactones) is 1. The molecule has 0 aliphatic carbocycles. The van der Waals surface area contributed by atoms with Gasteiger partial charge in [0.2, 0.25) is 5.91 Å². The van der Waals surface area contributed by atoms with Crippen LogP contribution >= 0.6 is 11.3 Å². The van der Waals surface area contributed by atoms with E-state index in [-0.39, 0.29) is 43.0 Å². The number of ether oxygens (including phenoxy) is 2. The maximum absolute atomic E-state index is 14.6. The quantitative estimate of drug-likeness (QED) is 0.166. The number of benzene rings is 1. The fourth-order valence-electron chi connectivity index (χ4n) is 9.31. The summed E-state index contributed by atoms with van der Waals surface area (Å²) in [6.07, 6.45) is 3.30. The smallest absolute Gasteiger partial charge is 0.324 e. The molecule has 3 aromatic heterocycles. The van der Waals surface area contributed by atoms with Crippen molar-refractivity contribution in [1.29, 1.82) is 0 Å². The molecule has 0 spiro atoms. The number of likely N-dealkylation sites (tertiary alicyclic amines) is 1. The predicted molar refractivity (Wildman–Crippen MR) is 245 cm³/mol. The molecule has 63 heavy (non-hydrogen) atoms. The number of carbonyl (C=O) groups excluding carboxylic acids is 4. The van der Waals surface area contributed by atoms with E-state index in [2.05, 4.69) is 72.6 Å². The van der Waals surface area contributed by atoms with Crippen LogP contribution in [0.5, 0.6) is 0 Å². The first-order valence-corrected chi connectivity index (χ1v) is 23.2. The Morgan fingerprint density at radius 2 is 1.90 bits per heavy atom. The van der Waals surface area contributed by atoms with Crippen molar-refractivity contribution in [3.63, 3.8) is 0 Å². The number of aryl methyl sites for hydroxylation is 1. The Hall–Kier alpha value is -4.90. The molecule has 4 amide bonds. The van der Waals surface area contributed by atoms with Gasteiger partial charge < -0.3 is 34.5 Å². The third-order valence-corrected chi connectivity index (χ3v) is 14.0. The second kappa shape index (κ2) is 19.1. The summed E-state index contributed by atoms with van der Waals surface area (Å²) in [5.74, 6) is -1.17. The van der Waals surface area contributed by atoms with Gasteiger partial charge in [-0.25, -0.2) is 15.2 Å². The molecule has 1 aromatic carbocycles. The molecule has 0 radical (unpaired) electrons. The van der Waals surface area contributed by atoms with Gasteiger partial charge in [0, 0.05) is 97.7 Å². The van der Waals surface area contributed by atoms with Crippen LogP contribution in [0.2, 0.25) is 0 Å². The van der Waals surface area contributed by atoms with Gasteiger partial charge in [-0.15, -0.1) is 11.3 Å². The van der Waals surface area contributed by atoms with Crippen molar-refractivity contribution < 1.29 is 28.7 Å². The maximum Gasteiger partial charge on any atom is 0.324 e. The Balaban J connectivity index is 1.27. The standard InChI is InChI=1S/C47H65N9O6S/c1-11-55-38-17-16-30-20-33(38)34(42(55)32-14-12-18-49-40(32)29(5)61-10)22-47(6,7)26-62-45(59)35-15-13-19-56(52-35)44(58)36(21-39-50-37(30)25-63-39)51-43(57)41(27(2)3)53(9)46(60)54-23-31(24-54)28(4)48-8/h12,14,16-18,20,25,27-29,31,35-36,41,48,52H,11,13,15,19,21-24,26H2,1-10H3,(H,51,57)/t28-,29+,35+,36+,41?/m1/s1. The van der Waals surface area contributed by atoms with Crippen molar-refractivity contribution >= 4 is 46.1 Å². The van der Waals surface area contributed by atoms with Gasteiger partial charge in [-0.05, 0) is 82.8 Å². The highest BCUT2D eigenvalue weighted by molar-refractivity contribution is 7.10. The molecule has 6 bridgehead atoms. The predicted octanol–water partition coefficient (Wildman–Crippen LogP) is 5.82. The van der Waals surface area contributed by atoms with Crippen LogP contribution in [-0.4, -0.2) is 125 Å². The molecule has 7 rings (SSSR count). The number of methoxy groups -OCH3 is 1. The topological polar surface area (TPSA) is 163 Å². The molecule has 4 aromatic rings. The van der Waals surface area contributed by atoms with Crippen LogP contribution < -0.4 is 16.1 Å². The van der Waals surface area contributed by atoms with Gasteiger partial charge in [0.15, 0.2) is 0 Å². The number of pyridine rings is 1. The van der Waals surface area contributed by atoms with E-state index in [1.165, 1.54) is 21.2 Å². The lowest BCUT2D eigenvalue weighted by Crippen LogP contribution is -2.64. The Bertz CT molecular complexity index is 2320. The van der Waals surface area contributed by atoms with Crippen molar-refractivity contribution in [2.24, 2.45) is 17.3 Å². The number of hydrogen-bond acceptors (Lipinski definition) is 11. The van der Waals surface area contributed by atoms with Crippen LogP contribution in [0, 0.1) is 17.3 Å². The zero-order chi connectivity index (χ0) is 45.3. The van der Waals surface area contributed by atoms with E-state index in [1.54, 1.807) is 25.3 Å². The van der Waals surface area contributed by atoms with E-state index in [0.29, 0.717) is 56.4 Å². The highest BCUT2D eigenvalue weighted by atomic mass is 32.1. The molecule has 6 heterocycles. The van der Waals surface area contributed by atoms with Gasteiger partial charge in [0.1, 0.15) is 18.1 Å². The summed E-state index contributed by atoms with van der Waals surface area (Å²) >= 11 is 1.43. The Morgan fingerprint density at radius 3 is 2.60 bits per heavy atom. The third kappa shape index (κ3) is 9.50. The molecule has 3 aliphatic rings. The van der Waals surface area contributed by atoms with E-state index >= 15 is 0 Å². The average molecular weight is 884 g/mol. The van der Waals surface area contributed by atoms with Crippen molar-refractivity contribution in [2.45, 2.75) is 111 Å². The number of aromatic nitrogens is 3. The Morgan fingerprint density at radius 1 is 1.14 bits per heavy atom. The molecule has 340 valence electrons. The highest BCUT2D eigenvalue weighted by Crippen LogP contribution is 2.42. The van der Waals surface area contributed by atoms with Crippen LogP contribution in [0.25, 0.3) is 33.4 Å². The lowest BCUT2D eigenvalue weighted by Gasteiger charge is -2.45. The summed E-state index contributed by atoms with van der Waals surface area (Å²) in [6, 6.07) is 7.87. The fraction of sp³-hybridized carbons (Fsp3) is 0.574. The summed E-state index contributed by atoms with van der Waals surface area (Å²) in [5.41, 5.74) is 9.39. The molecule has 3 aliphatic heterocycles. The lowest BCUT2D eigenvalue weighted by atomic mass is 9.84. The summed E-state index contributed by atoms with van der Waals surface area (Å²) < 4.78 is 14.2. The zero-order valence-electron chi connectivity index (χ0n) is 38.5. The molecule has 1 unspecified atom stereocenters. The lowest BCUT2D eigenvalue weighted by molar-refractivity contribution is -0.155. The van der Waals surface area contributed by atoms with Gasteiger partial charge in [-0.2, -0.15) is 0 Å². The molecule has 3 N–H and O–H groups in total. The van der Waals surface area contributed by atoms with Crippen LogP contribution in [0.1, 0.15) is 83.7 Å². The van der Waals surface area contributed by atoms with Crippen LogP contribution in [0.15, 0.2) is 41.9 Å². The minimum atomic E-state index is -1.04. The van der Waals surface area contributed by atoms with Crippen molar-refractivity contribution in [1.82, 2.24) is 45.4 Å². The summed E-state index contributed by atoms with van der Waals surface area (Å²) in [7, 11) is 5.25. The number of nitrogens with one attached hydrogen (secondary N) is 3. The number of fused-ring (bicyclic) bond motifs is 6. The fourth-order valence-corrected chi connectivity index (χ4v) is 10.2. The number of nitrogens with zero attached hydrogens (tertiary/aromatic N) is 6. The second-order valence-corrected chi connectivity index (χ2v) is 19.5. The van der Waals surface area contributed by atoms with Gasteiger partial charge in [-0.3, -0.25) is 24.4 Å². The van der Waals surface area contributed by atoms with Crippen molar-refractivity contribution in [3.05, 3.63) is 58.2 Å². The third-order valence-electron chi connectivity index (χ3n) is 13.1. The van der Waals surface area contributed by atoms with E-state index < -0.39 is 35.4 Å². The van der Waals surface area contributed by atoms with Crippen LogP contribution in [0.4, 0.5) is 4.79 Å². The molecule has 5 atom stereocenters. The largest absolute Gasteiger partial charge is 0.464 e. The normalized spacial score (nSPS) is 21.1. The minimum Gasteiger partial charge on any atom is -0.464 e. The first-order chi connectivity index (χ1) is 30.0. The number of likely N-dealkylation sites (N-methyl/N-ethyl adjacent to an activating group) is 1. The number of hydrazine groups is 1. The van der Waals surface area contributed by atoms with Crippen LogP contribution in [-0.2, 0) is 43.2 Å². The minimum absolute atomic E-state index is 0.111. The van der Waals surface area contributed by atoms with Gasteiger partial charge in [0.25, 0.3) is 5.91 Å². The van der Waals surface area contributed by atoms with E-state index in [0.717, 1.165) is 44.7 Å². The monoisotopic (exact) mass is 883 g/mol. The first-order valence-electron chi connectivity index (χ1n) is 22.4. The molecule has 2 fully saturated rings. The summed E-state index contributed by atoms with van der Waals surface area (Å²) in [6.45, 7) is 16.6. The summed E-state index contributed by atoms with van der Waals surface area (Å²) in [4.78, 5) is 69.6. The first kappa shape index (κ1) is 46.1. The molecular formula is C47H65N9O6S.